The second-order valence-electron chi connectivity index (χ2n) is 4.60. The Labute approximate surface area is 111 Å². The molecule has 0 unspecified atom stereocenters. The summed E-state index contributed by atoms with van der Waals surface area (Å²) in [5.74, 6) is -0.812. The summed E-state index contributed by atoms with van der Waals surface area (Å²) in [4.78, 5) is 0. The minimum absolute atomic E-state index is 0.116. The van der Waals surface area contributed by atoms with Crippen LogP contribution in [0, 0.1) is 45.1 Å². The van der Waals surface area contributed by atoms with Crippen LogP contribution >= 0.6 is 0 Å². The van der Waals surface area contributed by atoms with Gasteiger partial charge in [0, 0.05) is 0 Å². The zero-order valence-corrected chi connectivity index (χ0v) is 11.5. The van der Waals surface area contributed by atoms with Crippen LogP contribution in [-0.2, 0) is 0 Å². The second-order valence-corrected chi connectivity index (χ2v) is 4.60. The Kier molecular flexibility index (Phi) is 5.16. The maximum Gasteiger partial charge on any atom is 0.126 e. The maximum absolute atomic E-state index is 12.6. The lowest BCUT2D eigenvalue weighted by molar-refractivity contribution is 0.585. The highest BCUT2D eigenvalue weighted by atomic mass is 19.1. The third kappa shape index (κ3) is 4.43. The van der Waals surface area contributed by atoms with Gasteiger partial charge in [-0.25, -0.2) is 13.2 Å². The van der Waals surface area contributed by atoms with Gasteiger partial charge in [0.15, 0.2) is 0 Å². The van der Waals surface area contributed by atoms with Gasteiger partial charge in [-0.15, -0.1) is 0 Å². The predicted octanol–water partition coefficient (Wildman–Crippen LogP) is 5.02. The monoisotopic (exact) mass is 266 g/mol. The third-order valence-corrected chi connectivity index (χ3v) is 2.77. The SMILES string of the molecule is Cc1cc(F)c(C)cc1F.Cc1ccc(C)c(F)c1. The topological polar surface area (TPSA) is 0 Å². The first kappa shape index (κ1) is 15.3. The summed E-state index contributed by atoms with van der Waals surface area (Å²) in [6.07, 6.45) is 0. The molecule has 0 aliphatic carbocycles. The van der Waals surface area contributed by atoms with Crippen LogP contribution in [0.4, 0.5) is 13.2 Å². The Morgan fingerprint density at radius 1 is 0.579 bits per heavy atom. The van der Waals surface area contributed by atoms with Gasteiger partial charge in [0.25, 0.3) is 0 Å². The molecule has 0 aliphatic rings. The quantitative estimate of drug-likeness (QED) is 0.627. The van der Waals surface area contributed by atoms with E-state index < -0.39 is 0 Å². The van der Waals surface area contributed by atoms with Crippen molar-refractivity contribution in [1.29, 1.82) is 0 Å². The van der Waals surface area contributed by atoms with Gasteiger partial charge < -0.3 is 0 Å². The molecule has 0 amide bonds. The number of benzene rings is 2. The highest BCUT2D eigenvalue weighted by molar-refractivity contribution is 5.23. The van der Waals surface area contributed by atoms with E-state index in [0.717, 1.165) is 5.56 Å². The number of rotatable bonds is 0. The van der Waals surface area contributed by atoms with Crippen LogP contribution in [0.1, 0.15) is 22.3 Å². The standard InChI is InChI=1S/C8H8F2.C8H9F/c1-5-3-8(10)6(2)4-7(5)9;1-6-3-4-7(2)8(9)5-6/h3-4H,1-2H3;3-5H,1-2H3. The van der Waals surface area contributed by atoms with Crippen LogP contribution < -0.4 is 0 Å². The van der Waals surface area contributed by atoms with Crippen molar-refractivity contribution in [3.05, 3.63) is 70.0 Å². The fourth-order valence-corrected chi connectivity index (χ4v) is 1.44. The van der Waals surface area contributed by atoms with Gasteiger partial charge >= 0.3 is 0 Å². The van der Waals surface area contributed by atoms with Crippen LogP contribution in [0.2, 0.25) is 0 Å². The van der Waals surface area contributed by atoms with E-state index in [-0.39, 0.29) is 17.5 Å². The Balaban J connectivity index is 0.000000191. The fourth-order valence-electron chi connectivity index (χ4n) is 1.44. The van der Waals surface area contributed by atoms with Crippen molar-refractivity contribution in [2.75, 3.05) is 0 Å². The summed E-state index contributed by atoms with van der Waals surface area (Å²) < 4.78 is 37.8. The minimum atomic E-state index is -0.348. The first-order chi connectivity index (χ1) is 8.81. The Morgan fingerprint density at radius 2 is 1.00 bits per heavy atom. The number of hydrogen-bond donors (Lipinski definition) is 0. The van der Waals surface area contributed by atoms with E-state index >= 15 is 0 Å². The third-order valence-electron chi connectivity index (χ3n) is 2.77. The van der Waals surface area contributed by atoms with Crippen molar-refractivity contribution in [2.24, 2.45) is 0 Å². The summed E-state index contributed by atoms with van der Waals surface area (Å²) in [5, 5.41) is 0. The average molecular weight is 266 g/mol. The van der Waals surface area contributed by atoms with Crippen LogP contribution in [-0.4, -0.2) is 0 Å². The molecular weight excluding hydrogens is 249 g/mol. The minimum Gasteiger partial charge on any atom is -0.207 e. The van der Waals surface area contributed by atoms with E-state index in [1.54, 1.807) is 13.0 Å². The van der Waals surface area contributed by atoms with Gasteiger partial charge in [0.2, 0.25) is 0 Å². The van der Waals surface area contributed by atoms with Crippen molar-refractivity contribution in [3.63, 3.8) is 0 Å². The largest absolute Gasteiger partial charge is 0.207 e. The predicted molar refractivity (Wildman–Crippen MR) is 71.7 cm³/mol. The van der Waals surface area contributed by atoms with Gasteiger partial charge in [-0.3, -0.25) is 0 Å². The highest BCUT2D eigenvalue weighted by Gasteiger charge is 2.01. The molecule has 0 radical (unpaired) electrons. The van der Waals surface area contributed by atoms with E-state index in [1.807, 2.05) is 13.0 Å². The molecule has 0 aliphatic heterocycles. The van der Waals surface area contributed by atoms with E-state index in [9.17, 15) is 13.2 Å². The van der Waals surface area contributed by atoms with E-state index in [2.05, 4.69) is 0 Å². The molecule has 0 saturated heterocycles. The molecule has 19 heavy (non-hydrogen) atoms. The molecule has 102 valence electrons. The Morgan fingerprint density at radius 3 is 1.37 bits per heavy atom. The fraction of sp³-hybridized carbons (Fsp3) is 0.250. The molecular formula is C16H17F3. The lowest BCUT2D eigenvalue weighted by Gasteiger charge is -1.98. The zero-order valence-electron chi connectivity index (χ0n) is 11.5. The highest BCUT2D eigenvalue weighted by Crippen LogP contribution is 2.12. The van der Waals surface area contributed by atoms with E-state index in [4.69, 9.17) is 0 Å². The molecule has 0 N–H and O–H groups in total. The van der Waals surface area contributed by atoms with Gasteiger partial charge in [0.05, 0.1) is 0 Å². The molecule has 0 nitrogen and oxygen atoms in total. The van der Waals surface area contributed by atoms with Gasteiger partial charge in [-0.1, -0.05) is 12.1 Å². The lowest BCUT2D eigenvalue weighted by atomic mass is 10.1. The lowest BCUT2D eigenvalue weighted by Crippen LogP contribution is -1.88. The Hall–Kier alpha value is -1.77. The van der Waals surface area contributed by atoms with Crippen molar-refractivity contribution < 1.29 is 13.2 Å². The van der Waals surface area contributed by atoms with Crippen LogP contribution in [0.15, 0.2) is 30.3 Å². The molecule has 2 aromatic carbocycles. The first-order valence-electron chi connectivity index (χ1n) is 5.96. The second kappa shape index (κ2) is 6.41. The van der Waals surface area contributed by atoms with Crippen molar-refractivity contribution in [3.8, 4) is 0 Å². The van der Waals surface area contributed by atoms with E-state index in [1.165, 1.54) is 32.0 Å². The summed E-state index contributed by atoms with van der Waals surface area (Å²) in [5.41, 5.74) is 2.38. The van der Waals surface area contributed by atoms with Crippen molar-refractivity contribution in [2.45, 2.75) is 27.7 Å². The molecule has 0 fully saturated rings. The van der Waals surface area contributed by atoms with Crippen molar-refractivity contribution in [1.82, 2.24) is 0 Å². The van der Waals surface area contributed by atoms with Crippen molar-refractivity contribution >= 4 is 0 Å². The van der Waals surface area contributed by atoms with E-state index in [0.29, 0.717) is 16.7 Å². The molecule has 0 atom stereocenters. The summed E-state index contributed by atoms with van der Waals surface area (Å²) in [6.45, 7) is 6.72. The maximum atomic E-state index is 12.6. The molecule has 0 spiro atoms. The molecule has 0 saturated carbocycles. The number of aryl methyl sites for hydroxylation is 4. The van der Waals surface area contributed by atoms with Gasteiger partial charge in [-0.05, 0) is 68.1 Å². The molecule has 3 heteroatoms. The first-order valence-corrected chi connectivity index (χ1v) is 5.96. The zero-order chi connectivity index (χ0) is 14.6. The van der Waals surface area contributed by atoms with Crippen LogP contribution in [0.25, 0.3) is 0 Å². The average Bonchev–Trinajstić information content (AvgIpc) is 2.33. The molecule has 0 heterocycles. The molecule has 0 aromatic heterocycles. The number of hydrogen-bond acceptors (Lipinski definition) is 0. The summed E-state index contributed by atoms with van der Waals surface area (Å²) >= 11 is 0. The summed E-state index contributed by atoms with van der Waals surface area (Å²) in [6, 6.07) is 7.62. The molecule has 2 aromatic rings. The van der Waals surface area contributed by atoms with Gasteiger partial charge in [-0.2, -0.15) is 0 Å². The Bertz CT molecular complexity index is 524. The number of halogens is 3. The molecule has 0 bridgehead atoms. The molecule has 2 rings (SSSR count). The van der Waals surface area contributed by atoms with Crippen LogP contribution in [0.3, 0.4) is 0 Å². The smallest absolute Gasteiger partial charge is 0.126 e. The van der Waals surface area contributed by atoms with Gasteiger partial charge in [0.1, 0.15) is 17.5 Å². The summed E-state index contributed by atoms with van der Waals surface area (Å²) in [7, 11) is 0. The normalized spacial score (nSPS) is 9.84. The van der Waals surface area contributed by atoms with Crippen LogP contribution in [0.5, 0.6) is 0 Å².